The number of hydrogen-bond donors (Lipinski definition) is 2. The van der Waals surface area contributed by atoms with Crippen molar-refractivity contribution in [3.63, 3.8) is 0 Å². The lowest BCUT2D eigenvalue weighted by atomic mass is 10.1. The van der Waals surface area contributed by atoms with Gasteiger partial charge < -0.3 is 10.4 Å². The molecule has 0 aliphatic heterocycles. The van der Waals surface area contributed by atoms with Gasteiger partial charge in [-0.3, -0.25) is 0 Å². The van der Waals surface area contributed by atoms with Crippen molar-refractivity contribution in [3.8, 4) is 0 Å². The molecule has 1 aromatic carbocycles. The van der Waals surface area contributed by atoms with E-state index in [4.69, 9.17) is 5.11 Å². The molecule has 0 spiro atoms. The molecule has 0 atom stereocenters. The predicted octanol–water partition coefficient (Wildman–Crippen LogP) is 1.80. The third kappa shape index (κ3) is 3.33. The summed E-state index contributed by atoms with van der Waals surface area (Å²) in [5, 5.41) is 11.9. The highest BCUT2D eigenvalue weighted by Gasteiger charge is 2.02. The van der Waals surface area contributed by atoms with Crippen molar-refractivity contribution >= 4 is 11.8 Å². The Morgan fingerprint density at radius 2 is 2.21 bits per heavy atom. The number of aliphatic hydroxyl groups excluding tert-OH is 1. The summed E-state index contributed by atoms with van der Waals surface area (Å²) in [4.78, 5) is 1.26. The Balaban J connectivity index is 2.78. The molecule has 0 heterocycles. The molecule has 0 aliphatic carbocycles. The molecule has 0 aliphatic rings. The Labute approximate surface area is 89.7 Å². The summed E-state index contributed by atoms with van der Waals surface area (Å²) in [6.07, 6.45) is 0. The third-order valence-corrected chi connectivity index (χ3v) is 3.03. The van der Waals surface area contributed by atoms with E-state index in [0.717, 1.165) is 12.3 Å². The monoisotopic (exact) mass is 211 g/mol. The highest BCUT2D eigenvalue weighted by Crippen LogP contribution is 2.23. The molecule has 0 aromatic heterocycles. The molecule has 0 fully saturated rings. The van der Waals surface area contributed by atoms with Gasteiger partial charge in [0.15, 0.2) is 0 Å². The van der Waals surface area contributed by atoms with Crippen LogP contribution in [0.4, 0.5) is 0 Å². The van der Waals surface area contributed by atoms with Crippen molar-refractivity contribution in [2.24, 2.45) is 0 Å². The van der Waals surface area contributed by atoms with Gasteiger partial charge in [0.05, 0.1) is 6.61 Å². The minimum Gasteiger partial charge on any atom is -0.396 e. The zero-order valence-corrected chi connectivity index (χ0v) is 9.53. The minimum atomic E-state index is 0.234. The molecule has 2 nitrogen and oxygen atoms in total. The van der Waals surface area contributed by atoms with E-state index in [-0.39, 0.29) is 6.61 Å². The van der Waals surface area contributed by atoms with Gasteiger partial charge in [0.25, 0.3) is 0 Å². The molecule has 0 unspecified atom stereocenters. The van der Waals surface area contributed by atoms with Crippen LogP contribution in [-0.4, -0.2) is 24.5 Å². The number of rotatable bonds is 5. The van der Waals surface area contributed by atoms with Crippen molar-refractivity contribution in [1.29, 1.82) is 0 Å². The lowest BCUT2D eigenvalue weighted by Crippen LogP contribution is -2.06. The first kappa shape index (κ1) is 11.6. The SMILES string of the molecule is CNCc1cc(C)ccc1SCCO. The van der Waals surface area contributed by atoms with Crippen LogP contribution in [0.1, 0.15) is 11.1 Å². The number of aliphatic hydroxyl groups is 1. The molecule has 1 aromatic rings. The summed E-state index contributed by atoms with van der Waals surface area (Å²) in [6.45, 7) is 3.21. The Hall–Kier alpha value is -0.510. The lowest BCUT2D eigenvalue weighted by molar-refractivity contribution is 0.322. The van der Waals surface area contributed by atoms with Crippen LogP contribution >= 0.6 is 11.8 Å². The maximum atomic E-state index is 8.77. The summed E-state index contributed by atoms with van der Waals surface area (Å²) in [5.74, 6) is 0.764. The van der Waals surface area contributed by atoms with Gasteiger partial charge in [-0.25, -0.2) is 0 Å². The van der Waals surface area contributed by atoms with Gasteiger partial charge in [-0.1, -0.05) is 17.7 Å². The summed E-state index contributed by atoms with van der Waals surface area (Å²) in [7, 11) is 1.95. The average Bonchev–Trinajstić information content (AvgIpc) is 2.17. The van der Waals surface area contributed by atoms with E-state index in [9.17, 15) is 0 Å². The number of hydrogen-bond acceptors (Lipinski definition) is 3. The average molecular weight is 211 g/mol. The van der Waals surface area contributed by atoms with E-state index >= 15 is 0 Å². The van der Waals surface area contributed by atoms with Gasteiger partial charge >= 0.3 is 0 Å². The molecule has 3 heteroatoms. The topological polar surface area (TPSA) is 32.3 Å². The van der Waals surface area contributed by atoms with Crippen LogP contribution in [-0.2, 0) is 6.54 Å². The molecule has 0 saturated heterocycles. The van der Waals surface area contributed by atoms with Gasteiger partial charge in [0.1, 0.15) is 0 Å². The Kier molecular flexibility index (Phi) is 5.01. The lowest BCUT2D eigenvalue weighted by Gasteiger charge is -2.09. The molecular formula is C11H17NOS. The number of nitrogens with one attached hydrogen (secondary N) is 1. The molecule has 0 saturated carbocycles. The fraction of sp³-hybridized carbons (Fsp3) is 0.455. The van der Waals surface area contributed by atoms with Gasteiger partial charge in [-0.05, 0) is 25.6 Å². The van der Waals surface area contributed by atoms with Gasteiger partial charge in [-0.15, -0.1) is 11.8 Å². The maximum absolute atomic E-state index is 8.77. The zero-order valence-electron chi connectivity index (χ0n) is 8.71. The van der Waals surface area contributed by atoms with Crippen LogP contribution in [0, 0.1) is 6.92 Å². The number of benzene rings is 1. The standard InChI is InChI=1S/C11H17NOS/c1-9-3-4-11(14-6-5-13)10(7-9)8-12-2/h3-4,7,12-13H,5-6,8H2,1-2H3. The molecule has 0 bridgehead atoms. The summed E-state index contributed by atoms with van der Waals surface area (Å²) >= 11 is 1.71. The molecule has 14 heavy (non-hydrogen) atoms. The zero-order chi connectivity index (χ0) is 10.4. The Morgan fingerprint density at radius 1 is 1.43 bits per heavy atom. The largest absolute Gasteiger partial charge is 0.396 e. The normalized spacial score (nSPS) is 10.5. The first-order chi connectivity index (χ1) is 6.77. The van der Waals surface area contributed by atoms with Crippen molar-refractivity contribution in [2.75, 3.05) is 19.4 Å². The van der Waals surface area contributed by atoms with E-state index < -0.39 is 0 Å². The molecule has 2 N–H and O–H groups in total. The summed E-state index contributed by atoms with van der Waals surface area (Å²) in [6, 6.07) is 6.43. The Morgan fingerprint density at radius 3 is 2.86 bits per heavy atom. The molecule has 78 valence electrons. The van der Waals surface area contributed by atoms with Crippen LogP contribution in [0.3, 0.4) is 0 Å². The highest BCUT2D eigenvalue weighted by atomic mass is 32.2. The first-order valence-electron chi connectivity index (χ1n) is 4.75. The van der Waals surface area contributed by atoms with E-state index in [1.54, 1.807) is 11.8 Å². The molecule has 0 radical (unpaired) electrons. The fourth-order valence-corrected chi connectivity index (χ4v) is 2.13. The first-order valence-corrected chi connectivity index (χ1v) is 5.74. The van der Waals surface area contributed by atoms with E-state index in [2.05, 4.69) is 30.4 Å². The van der Waals surface area contributed by atoms with Gasteiger partial charge in [-0.2, -0.15) is 0 Å². The van der Waals surface area contributed by atoms with Crippen molar-refractivity contribution in [2.45, 2.75) is 18.4 Å². The van der Waals surface area contributed by atoms with Crippen LogP contribution in [0.25, 0.3) is 0 Å². The summed E-state index contributed by atoms with van der Waals surface area (Å²) in [5.41, 5.74) is 2.59. The van der Waals surface area contributed by atoms with Crippen molar-refractivity contribution < 1.29 is 5.11 Å². The van der Waals surface area contributed by atoms with Crippen LogP contribution < -0.4 is 5.32 Å². The quantitative estimate of drug-likeness (QED) is 0.728. The van der Waals surface area contributed by atoms with Gasteiger partial charge in [0.2, 0.25) is 0 Å². The van der Waals surface area contributed by atoms with E-state index in [0.29, 0.717) is 0 Å². The number of aryl methyl sites for hydroxylation is 1. The smallest absolute Gasteiger partial charge is 0.0525 e. The summed E-state index contributed by atoms with van der Waals surface area (Å²) < 4.78 is 0. The van der Waals surface area contributed by atoms with E-state index in [1.165, 1.54) is 16.0 Å². The third-order valence-electron chi connectivity index (χ3n) is 1.93. The van der Waals surface area contributed by atoms with E-state index in [1.807, 2.05) is 7.05 Å². The van der Waals surface area contributed by atoms with Crippen molar-refractivity contribution in [3.05, 3.63) is 29.3 Å². The van der Waals surface area contributed by atoms with Gasteiger partial charge in [0, 0.05) is 17.2 Å². The Bertz CT molecular complexity index is 289. The predicted molar refractivity (Wildman–Crippen MR) is 61.8 cm³/mol. The minimum absolute atomic E-state index is 0.234. The second-order valence-corrected chi connectivity index (χ2v) is 4.35. The van der Waals surface area contributed by atoms with Crippen LogP contribution in [0.15, 0.2) is 23.1 Å². The van der Waals surface area contributed by atoms with Crippen LogP contribution in [0.2, 0.25) is 0 Å². The molecular weight excluding hydrogens is 194 g/mol. The number of thioether (sulfide) groups is 1. The van der Waals surface area contributed by atoms with Crippen LogP contribution in [0.5, 0.6) is 0 Å². The molecule has 1 rings (SSSR count). The highest BCUT2D eigenvalue weighted by molar-refractivity contribution is 7.99. The second-order valence-electron chi connectivity index (χ2n) is 3.21. The maximum Gasteiger partial charge on any atom is 0.0525 e. The second kappa shape index (κ2) is 6.06. The fourth-order valence-electron chi connectivity index (χ4n) is 1.33. The van der Waals surface area contributed by atoms with Crippen molar-refractivity contribution in [1.82, 2.24) is 5.32 Å². The molecule has 0 amide bonds.